The average molecular weight is 322 g/mol. The number of aromatic nitrogens is 1. The zero-order chi connectivity index (χ0) is 16.1. The number of benzene rings is 2. The molecule has 0 aliphatic rings. The molecule has 0 atom stereocenters. The normalized spacial score (nSPS) is 10.5. The summed E-state index contributed by atoms with van der Waals surface area (Å²) in [5.41, 5.74) is 3.05. The van der Waals surface area contributed by atoms with E-state index in [2.05, 4.69) is 17.2 Å². The topological polar surface area (TPSA) is 42.0 Å². The maximum absolute atomic E-state index is 12.2. The van der Waals surface area contributed by atoms with Crippen molar-refractivity contribution >= 4 is 22.4 Å². The van der Waals surface area contributed by atoms with Crippen LogP contribution < -0.4 is 5.32 Å². The fraction of sp³-hybridized carbons (Fsp3) is 0.158. The van der Waals surface area contributed by atoms with Gasteiger partial charge in [-0.15, -0.1) is 11.3 Å². The highest BCUT2D eigenvalue weighted by Crippen LogP contribution is 2.31. The van der Waals surface area contributed by atoms with Crippen LogP contribution in [0.2, 0.25) is 0 Å². The molecule has 3 nitrogen and oxygen atoms in total. The Morgan fingerprint density at radius 1 is 1.04 bits per heavy atom. The van der Waals surface area contributed by atoms with Gasteiger partial charge in [-0.1, -0.05) is 67.6 Å². The van der Waals surface area contributed by atoms with Gasteiger partial charge in [0.2, 0.25) is 5.91 Å². The van der Waals surface area contributed by atoms with Crippen LogP contribution in [0.3, 0.4) is 0 Å². The van der Waals surface area contributed by atoms with E-state index in [1.807, 2.05) is 60.7 Å². The summed E-state index contributed by atoms with van der Waals surface area (Å²) in [5.74, 6) is -0.0350. The van der Waals surface area contributed by atoms with E-state index in [9.17, 15) is 4.79 Å². The number of anilines is 1. The fourth-order valence-corrected chi connectivity index (χ4v) is 3.35. The lowest BCUT2D eigenvalue weighted by Crippen LogP contribution is -2.14. The van der Waals surface area contributed by atoms with Crippen LogP contribution in [0.4, 0.5) is 5.13 Å². The highest BCUT2D eigenvalue weighted by molar-refractivity contribution is 7.16. The first-order valence-electron chi connectivity index (χ1n) is 7.65. The van der Waals surface area contributed by atoms with Crippen LogP contribution in [0.5, 0.6) is 0 Å². The first kappa shape index (κ1) is 15.4. The molecule has 1 N–H and O–H groups in total. The van der Waals surface area contributed by atoms with Gasteiger partial charge >= 0.3 is 0 Å². The van der Waals surface area contributed by atoms with E-state index >= 15 is 0 Å². The van der Waals surface area contributed by atoms with Gasteiger partial charge in [-0.2, -0.15) is 0 Å². The molecule has 0 spiro atoms. The van der Waals surface area contributed by atoms with Crippen molar-refractivity contribution < 1.29 is 4.79 Å². The third-order valence-corrected chi connectivity index (χ3v) is 4.63. The zero-order valence-corrected chi connectivity index (χ0v) is 13.8. The van der Waals surface area contributed by atoms with E-state index in [-0.39, 0.29) is 5.91 Å². The molecule has 2 aromatic carbocycles. The van der Waals surface area contributed by atoms with E-state index < -0.39 is 0 Å². The number of hydrogen-bond acceptors (Lipinski definition) is 3. The molecule has 0 saturated carbocycles. The van der Waals surface area contributed by atoms with Crippen molar-refractivity contribution in [3.05, 3.63) is 71.1 Å². The average Bonchev–Trinajstić information content (AvgIpc) is 2.99. The Labute approximate surface area is 140 Å². The van der Waals surface area contributed by atoms with Crippen LogP contribution in [0.1, 0.15) is 17.4 Å². The Hall–Kier alpha value is -2.46. The second kappa shape index (κ2) is 7.20. The number of thiazole rings is 1. The van der Waals surface area contributed by atoms with Crippen LogP contribution in [0, 0.1) is 0 Å². The van der Waals surface area contributed by atoms with Crippen molar-refractivity contribution in [1.82, 2.24) is 4.98 Å². The van der Waals surface area contributed by atoms with Gasteiger partial charge in [0.15, 0.2) is 5.13 Å². The smallest absolute Gasteiger partial charge is 0.230 e. The first-order chi connectivity index (χ1) is 11.3. The summed E-state index contributed by atoms with van der Waals surface area (Å²) in [6, 6.07) is 19.8. The lowest BCUT2D eigenvalue weighted by atomic mass is 10.1. The molecule has 1 aromatic heterocycles. The van der Waals surface area contributed by atoms with Crippen molar-refractivity contribution in [2.45, 2.75) is 19.8 Å². The van der Waals surface area contributed by atoms with Gasteiger partial charge in [0.05, 0.1) is 12.1 Å². The number of rotatable bonds is 5. The van der Waals surface area contributed by atoms with Gasteiger partial charge in [-0.25, -0.2) is 4.98 Å². The lowest BCUT2D eigenvalue weighted by molar-refractivity contribution is -0.115. The van der Waals surface area contributed by atoms with Crippen LogP contribution in [0.15, 0.2) is 60.7 Å². The summed E-state index contributed by atoms with van der Waals surface area (Å²) < 4.78 is 0. The highest BCUT2D eigenvalue weighted by Gasteiger charge is 2.13. The predicted molar refractivity (Wildman–Crippen MR) is 95.7 cm³/mol. The van der Waals surface area contributed by atoms with Crippen molar-refractivity contribution in [2.24, 2.45) is 0 Å². The molecule has 3 aromatic rings. The minimum absolute atomic E-state index is 0.0350. The Balaban J connectivity index is 1.76. The number of amides is 1. The number of aryl methyl sites for hydroxylation is 1. The minimum atomic E-state index is -0.0350. The molecule has 116 valence electrons. The highest BCUT2D eigenvalue weighted by atomic mass is 32.1. The molecule has 0 aliphatic heterocycles. The summed E-state index contributed by atoms with van der Waals surface area (Å²) in [6.07, 6.45) is 1.26. The predicted octanol–water partition coefficient (Wildman–Crippen LogP) is 4.55. The number of hydrogen-bond donors (Lipinski definition) is 1. The second-order valence-corrected chi connectivity index (χ2v) is 6.30. The van der Waals surface area contributed by atoms with Gasteiger partial charge in [0, 0.05) is 10.4 Å². The fourth-order valence-electron chi connectivity index (χ4n) is 2.41. The molecular weight excluding hydrogens is 304 g/mol. The number of nitrogens with one attached hydrogen (secondary N) is 1. The first-order valence-corrected chi connectivity index (χ1v) is 8.47. The van der Waals surface area contributed by atoms with Crippen molar-refractivity contribution in [3.63, 3.8) is 0 Å². The Kier molecular flexibility index (Phi) is 4.83. The number of carbonyl (C=O) groups excluding carboxylic acids is 1. The standard InChI is InChI=1S/C19H18N2OS/c1-2-16-18(15-11-7-4-8-12-15)21-19(23-16)20-17(22)13-14-9-5-3-6-10-14/h3-12H,2,13H2,1H3,(H,20,21,22). The third-order valence-electron chi connectivity index (χ3n) is 3.52. The van der Waals surface area contributed by atoms with Crippen LogP contribution >= 0.6 is 11.3 Å². The van der Waals surface area contributed by atoms with Crippen LogP contribution in [-0.2, 0) is 17.6 Å². The summed E-state index contributed by atoms with van der Waals surface area (Å²) in [7, 11) is 0. The van der Waals surface area contributed by atoms with E-state index in [0.717, 1.165) is 23.2 Å². The molecule has 0 unspecified atom stereocenters. The van der Waals surface area contributed by atoms with Crippen LogP contribution in [0.25, 0.3) is 11.3 Å². The molecular formula is C19H18N2OS. The molecule has 1 amide bonds. The molecule has 1 heterocycles. The van der Waals surface area contributed by atoms with Crippen LogP contribution in [-0.4, -0.2) is 10.9 Å². The molecule has 0 fully saturated rings. The molecule has 0 saturated heterocycles. The summed E-state index contributed by atoms with van der Waals surface area (Å²) in [4.78, 5) is 18.0. The second-order valence-electron chi connectivity index (χ2n) is 5.22. The van der Waals surface area contributed by atoms with Gasteiger partial charge in [0.1, 0.15) is 0 Å². The van der Waals surface area contributed by atoms with E-state index in [1.54, 1.807) is 11.3 Å². The van der Waals surface area contributed by atoms with E-state index in [0.29, 0.717) is 11.6 Å². The number of carbonyl (C=O) groups is 1. The SMILES string of the molecule is CCc1sc(NC(=O)Cc2ccccc2)nc1-c1ccccc1. The van der Waals surface area contributed by atoms with Crippen molar-refractivity contribution in [2.75, 3.05) is 5.32 Å². The van der Waals surface area contributed by atoms with Gasteiger partial charge < -0.3 is 5.32 Å². The zero-order valence-electron chi connectivity index (χ0n) is 13.0. The quantitative estimate of drug-likeness (QED) is 0.748. The summed E-state index contributed by atoms with van der Waals surface area (Å²) in [5, 5.41) is 3.59. The Morgan fingerprint density at radius 3 is 2.35 bits per heavy atom. The maximum Gasteiger partial charge on any atom is 0.230 e. The molecule has 0 bridgehead atoms. The largest absolute Gasteiger partial charge is 0.302 e. The van der Waals surface area contributed by atoms with E-state index in [1.165, 1.54) is 4.88 Å². The van der Waals surface area contributed by atoms with E-state index in [4.69, 9.17) is 0 Å². The third kappa shape index (κ3) is 3.85. The van der Waals surface area contributed by atoms with Crippen molar-refractivity contribution in [1.29, 1.82) is 0 Å². The summed E-state index contributed by atoms with van der Waals surface area (Å²) >= 11 is 1.55. The Morgan fingerprint density at radius 2 is 1.70 bits per heavy atom. The molecule has 4 heteroatoms. The van der Waals surface area contributed by atoms with Gasteiger partial charge in [0.25, 0.3) is 0 Å². The van der Waals surface area contributed by atoms with Gasteiger partial charge in [-0.3, -0.25) is 4.79 Å². The lowest BCUT2D eigenvalue weighted by Gasteiger charge is -2.01. The summed E-state index contributed by atoms with van der Waals surface area (Å²) in [6.45, 7) is 2.11. The number of nitrogens with zero attached hydrogens (tertiary/aromatic N) is 1. The monoisotopic (exact) mass is 322 g/mol. The minimum Gasteiger partial charge on any atom is -0.302 e. The molecule has 0 radical (unpaired) electrons. The molecule has 3 rings (SSSR count). The van der Waals surface area contributed by atoms with Gasteiger partial charge in [-0.05, 0) is 12.0 Å². The molecule has 23 heavy (non-hydrogen) atoms. The maximum atomic E-state index is 12.2. The Bertz CT molecular complexity index is 782. The molecule has 0 aliphatic carbocycles. The van der Waals surface area contributed by atoms with Crippen molar-refractivity contribution in [3.8, 4) is 11.3 Å².